The van der Waals surface area contributed by atoms with Gasteiger partial charge in [-0.2, -0.15) is 0 Å². The molecule has 0 bridgehead atoms. The number of thiophene rings is 1. The van der Waals surface area contributed by atoms with Crippen LogP contribution < -0.4 is 15.2 Å². The number of methoxy groups -OCH3 is 1. The van der Waals surface area contributed by atoms with Gasteiger partial charge in [-0.25, -0.2) is 0 Å². The maximum atomic E-state index is 12.3. The molecule has 0 unspecified atom stereocenters. The number of carbonyl (C=O) groups excluding carboxylic acids is 1. The normalized spacial score (nSPS) is 11.2. The topological polar surface area (TPSA) is 66.3 Å². The van der Waals surface area contributed by atoms with Crippen LogP contribution >= 0.6 is 11.3 Å². The zero-order chi connectivity index (χ0) is 21.8. The van der Waals surface area contributed by atoms with Crippen molar-refractivity contribution in [1.29, 1.82) is 0 Å². The van der Waals surface area contributed by atoms with Crippen molar-refractivity contribution in [3.63, 3.8) is 0 Å². The lowest BCUT2D eigenvalue weighted by Crippen LogP contribution is -2.28. The minimum Gasteiger partial charge on any atom is -0.543 e. The second-order valence-corrected chi connectivity index (χ2v) is 8.55. The molecular formula is C25H25N2O3S-. The van der Waals surface area contributed by atoms with Crippen LogP contribution in [-0.4, -0.2) is 24.2 Å². The molecule has 0 aliphatic carbocycles. The number of hydrogen-bond donors (Lipinski definition) is 1. The summed E-state index contributed by atoms with van der Waals surface area (Å²) in [6.07, 6.45) is 0.911. The molecule has 0 fully saturated rings. The Morgan fingerprint density at radius 3 is 2.71 bits per heavy atom. The van der Waals surface area contributed by atoms with Gasteiger partial charge in [-0.05, 0) is 48.1 Å². The van der Waals surface area contributed by atoms with Crippen LogP contribution in [0.3, 0.4) is 0 Å². The summed E-state index contributed by atoms with van der Waals surface area (Å²) in [7, 11) is 1.61. The number of nitrogens with zero attached hydrogens (tertiary/aromatic N) is 1. The third-order valence-electron chi connectivity index (χ3n) is 5.59. The highest BCUT2D eigenvalue weighted by molar-refractivity contribution is 7.09. The van der Waals surface area contributed by atoms with E-state index in [1.807, 2.05) is 60.0 Å². The van der Waals surface area contributed by atoms with Gasteiger partial charge in [0.25, 0.3) is 0 Å². The van der Waals surface area contributed by atoms with Gasteiger partial charge in [0.1, 0.15) is 5.75 Å². The Morgan fingerprint density at radius 1 is 1.16 bits per heavy atom. The van der Waals surface area contributed by atoms with E-state index >= 15 is 0 Å². The second-order valence-electron chi connectivity index (χ2n) is 7.52. The monoisotopic (exact) mass is 433 g/mol. The van der Waals surface area contributed by atoms with Crippen LogP contribution in [0.5, 0.6) is 5.75 Å². The van der Waals surface area contributed by atoms with E-state index in [4.69, 9.17) is 4.74 Å². The minimum absolute atomic E-state index is 0.218. The van der Waals surface area contributed by atoms with Crippen LogP contribution in [0.1, 0.15) is 32.1 Å². The number of carboxylic acids is 1. The number of rotatable bonds is 9. The first-order chi connectivity index (χ1) is 15.1. The number of carboxylic acid groups (broad SMARTS) is 1. The highest BCUT2D eigenvalue weighted by Gasteiger charge is 2.19. The molecular weight excluding hydrogens is 408 g/mol. The number of nitrogens with one attached hydrogen (secondary N) is 1. The molecule has 0 aliphatic heterocycles. The zero-order valence-corrected chi connectivity index (χ0v) is 18.5. The first-order valence-electron chi connectivity index (χ1n) is 10.3. The molecule has 6 heteroatoms. The molecule has 5 nitrogen and oxygen atoms in total. The Balaban J connectivity index is 1.72. The molecule has 0 aliphatic rings. The van der Waals surface area contributed by atoms with E-state index in [0.29, 0.717) is 18.8 Å². The van der Waals surface area contributed by atoms with E-state index < -0.39 is 5.97 Å². The highest BCUT2D eigenvalue weighted by atomic mass is 32.1. The molecule has 0 saturated carbocycles. The Bertz CT molecular complexity index is 1200. The van der Waals surface area contributed by atoms with Gasteiger partial charge in [0, 0.05) is 41.5 Å². The van der Waals surface area contributed by atoms with E-state index in [-0.39, 0.29) is 5.69 Å². The number of carbonyl (C=O) groups is 1. The van der Waals surface area contributed by atoms with Gasteiger partial charge in [-0.3, -0.25) is 0 Å². The fourth-order valence-corrected chi connectivity index (χ4v) is 4.65. The summed E-state index contributed by atoms with van der Waals surface area (Å²) in [6.45, 7) is 3.72. The smallest absolute Gasteiger partial charge is 0.120 e. The Morgan fingerprint density at radius 2 is 2.00 bits per heavy atom. The zero-order valence-electron chi connectivity index (χ0n) is 17.7. The van der Waals surface area contributed by atoms with E-state index in [2.05, 4.69) is 16.8 Å². The minimum atomic E-state index is -1.17. The molecule has 2 aromatic carbocycles. The molecule has 31 heavy (non-hydrogen) atoms. The largest absolute Gasteiger partial charge is 0.543 e. The van der Waals surface area contributed by atoms with Crippen LogP contribution in [0.2, 0.25) is 0 Å². The molecule has 0 spiro atoms. The van der Waals surface area contributed by atoms with Gasteiger partial charge < -0.3 is 24.5 Å². The molecule has 4 rings (SSSR count). The Labute approximate surface area is 185 Å². The van der Waals surface area contributed by atoms with Gasteiger partial charge in [0.05, 0.1) is 24.3 Å². The molecule has 160 valence electrons. The Hall–Kier alpha value is -3.09. The third kappa shape index (κ3) is 4.50. The van der Waals surface area contributed by atoms with E-state index in [1.54, 1.807) is 18.4 Å². The number of aromatic carboxylic acids is 1. The van der Waals surface area contributed by atoms with Crippen molar-refractivity contribution in [1.82, 2.24) is 9.88 Å². The van der Waals surface area contributed by atoms with Crippen LogP contribution in [0.4, 0.5) is 0 Å². The SMILES string of the molecule is COc1ccc2c(CNCCc3cccs3)c(C(=O)[O-])n(Cc3ccccc3C)c2c1. The lowest BCUT2D eigenvalue weighted by Gasteiger charge is -2.15. The standard InChI is InChI=1S/C25H26N2O3S/c1-17-6-3-4-7-18(17)16-27-23-14-19(30-2)9-10-21(23)22(24(27)25(28)29)15-26-12-11-20-8-5-13-31-20/h3-10,13-14,26H,11-12,15-16H2,1-2H3,(H,28,29)/p-1. The van der Waals surface area contributed by atoms with Crippen molar-refractivity contribution < 1.29 is 14.6 Å². The maximum Gasteiger partial charge on any atom is 0.120 e. The number of benzene rings is 2. The number of fused-ring (bicyclic) bond motifs is 1. The van der Waals surface area contributed by atoms with Crippen molar-refractivity contribution in [2.45, 2.75) is 26.4 Å². The van der Waals surface area contributed by atoms with Crippen LogP contribution in [0.15, 0.2) is 60.0 Å². The summed E-state index contributed by atoms with van der Waals surface area (Å²) >= 11 is 1.73. The number of aryl methyl sites for hydroxylation is 1. The highest BCUT2D eigenvalue weighted by Crippen LogP contribution is 2.30. The summed E-state index contributed by atoms with van der Waals surface area (Å²) < 4.78 is 7.25. The van der Waals surface area contributed by atoms with Crippen molar-refractivity contribution in [3.05, 3.63) is 87.2 Å². The molecule has 0 radical (unpaired) electrons. The fraction of sp³-hybridized carbons (Fsp3) is 0.240. The van der Waals surface area contributed by atoms with Gasteiger partial charge >= 0.3 is 0 Å². The van der Waals surface area contributed by atoms with Crippen molar-refractivity contribution in [3.8, 4) is 5.75 Å². The lowest BCUT2D eigenvalue weighted by molar-refractivity contribution is -0.255. The average molecular weight is 434 g/mol. The van der Waals surface area contributed by atoms with Gasteiger partial charge in [0.2, 0.25) is 0 Å². The van der Waals surface area contributed by atoms with Crippen LogP contribution in [-0.2, 0) is 19.5 Å². The lowest BCUT2D eigenvalue weighted by atomic mass is 10.1. The summed E-state index contributed by atoms with van der Waals surface area (Å²) in [6, 6.07) is 17.9. The number of aromatic nitrogens is 1. The number of hydrogen-bond acceptors (Lipinski definition) is 5. The Kier molecular flexibility index (Phi) is 6.39. The van der Waals surface area contributed by atoms with E-state index in [1.165, 1.54) is 4.88 Å². The first-order valence-corrected chi connectivity index (χ1v) is 11.1. The molecule has 0 amide bonds. The summed E-state index contributed by atoms with van der Waals surface area (Å²) in [5.41, 5.74) is 3.98. The van der Waals surface area contributed by atoms with Crippen molar-refractivity contribution >= 4 is 28.2 Å². The third-order valence-corrected chi connectivity index (χ3v) is 6.53. The summed E-state index contributed by atoms with van der Waals surface area (Å²) in [5, 5.41) is 18.7. The van der Waals surface area contributed by atoms with Crippen molar-refractivity contribution in [2.75, 3.05) is 13.7 Å². The van der Waals surface area contributed by atoms with Crippen LogP contribution in [0, 0.1) is 6.92 Å². The molecule has 1 N–H and O–H groups in total. The molecule has 2 heterocycles. The second kappa shape index (κ2) is 9.37. The molecule has 2 aromatic heterocycles. The predicted molar refractivity (Wildman–Crippen MR) is 123 cm³/mol. The number of ether oxygens (including phenoxy) is 1. The molecule has 0 atom stereocenters. The van der Waals surface area contributed by atoms with Crippen molar-refractivity contribution in [2.24, 2.45) is 0 Å². The molecule has 0 saturated heterocycles. The van der Waals surface area contributed by atoms with E-state index in [0.717, 1.165) is 40.6 Å². The average Bonchev–Trinajstić information content (AvgIpc) is 3.39. The van der Waals surface area contributed by atoms with Gasteiger partial charge in [0.15, 0.2) is 0 Å². The van der Waals surface area contributed by atoms with Crippen LogP contribution in [0.25, 0.3) is 10.9 Å². The first kappa shape index (κ1) is 21.2. The quantitative estimate of drug-likeness (QED) is 0.408. The van der Waals surface area contributed by atoms with Gasteiger partial charge in [-0.1, -0.05) is 30.3 Å². The van der Waals surface area contributed by atoms with E-state index in [9.17, 15) is 9.90 Å². The summed E-state index contributed by atoms with van der Waals surface area (Å²) in [5.74, 6) is -0.475. The fourth-order valence-electron chi connectivity index (χ4n) is 3.94. The van der Waals surface area contributed by atoms with Gasteiger partial charge in [-0.15, -0.1) is 11.3 Å². The predicted octanol–water partition coefficient (Wildman–Crippen LogP) is 3.76. The molecule has 4 aromatic rings. The maximum absolute atomic E-state index is 12.3. The summed E-state index contributed by atoms with van der Waals surface area (Å²) in [4.78, 5) is 13.6.